The Labute approximate surface area is 297 Å². The van der Waals surface area contributed by atoms with E-state index in [4.69, 9.17) is 0 Å². The second-order valence-corrected chi connectivity index (χ2v) is 19.6. The molecule has 0 aliphatic heterocycles. The van der Waals surface area contributed by atoms with Crippen LogP contribution in [0.4, 0.5) is 17.6 Å². The summed E-state index contributed by atoms with van der Waals surface area (Å²) in [5.41, 5.74) is 1.97. The molecule has 0 spiro atoms. The summed E-state index contributed by atoms with van der Waals surface area (Å²) in [5, 5.41) is 0. The summed E-state index contributed by atoms with van der Waals surface area (Å²) in [7, 11) is 0. The van der Waals surface area contributed by atoms with Crippen LogP contribution >= 0.6 is 31.9 Å². The Morgan fingerprint density at radius 2 is 0.851 bits per heavy atom. The highest BCUT2D eigenvalue weighted by molar-refractivity contribution is 9.25. The standard InChI is InChI=1S/C21H26Br2F2.C20H26F2/c22-21(23)12-18(21)16-7-5-14(6-8-16)13-1-3-15(4-2-13)17-9-10-19(24)20(25)11-17;1-2-14-3-5-15(6-4-14)16-7-9-17(10-8-16)18-11-12-19(21)20(22)13-18/h9-11,13-16,18H,1-8,12H2;2,11-17H,1,3-10H2. The van der Waals surface area contributed by atoms with Gasteiger partial charge in [0.05, 0.1) is 3.23 Å². The van der Waals surface area contributed by atoms with Gasteiger partial charge in [0, 0.05) is 0 Å². The first kappa shape index (κ1) is 35.7. The van der Waals surface area contributed by atoms with Crippen LogP contribution in [0.5, 0.6) is 0 Å². The fourth-order valence-electron chi connectivity index (χ4n) is 10.00. The molecule has 2 aromatic rings. The second kappa shape index (κ2) is 15.8. The van der Waals surface area contributed by atoms with Crippen molar-refractivity contribution in [2.24, 2.45) is 41.4 Å². The average Bonchev–Trinajstić information content (AvgIpc) is 3.75. The van der Waals surface area contributed by atoms with Crippen LogP contribution in [0.3, 0.4) is 0 Å². The van der Waals surface area contributed by atoms with Gasteiger partial charge in [0.15, 0.2) is 23.3 Å². The number of allylic oxidation sites excluding steroid dienone is 1. The molecule has 258 valence electrons. The smallest absolute Gasteiger partial charge is 0.159 e. The topological polar surface area (TPSA) is 0 Å². The van der Waals surface area contributed by atoms with E-state index in [-0.39, 0.29) is 3.23 Å². The summed E-state index contributed by atoms with van der Waals surface area (Å²) in [4.78, 5) is 0. The lowest BCUT2D eigenvalue weighted by atomic mass is 9.68. The van der Waals surface area contributed by atoms with Crippen molar-refractivity contribution in [3.05, 3.63) is 83.4 Å². The molecule has 47 heavy (non-hydrogen) atoms. The lowest BCUT2D eigenvalue weighted by molar-refractivity contribution is 0.152. The zero-order valence-corrected chi connectivity index (χ0v) is 30.9. The highest BCUT2D eigenvalue weighted by atomic mass is 79.9. The first-order valence-electron chi connectivity index (χ1n) is 18.5. The van der Waals surface area contributed by atoms with Crippen LogP contribution in [-0.2, 0) is 0 Å². The molecule has 2 aromatic carbocycles. The third kappa shape index (κ3) is 8.97. The zero-order valence-electron chi connectivity index (χ0n) is 27.7. The molecule has 0 bridgehead atoms. The van der Waals surface area contributed by atoms with Crippen molar-refractivity contribution in [2.45, 2.75) is 124 Å². The van der Waals surface area contributed by atoms with Gasteiger partial charge >= 0.3 is 0 Å². The van der Waals surface area contributed by atoms with Gasteiger partial charge in [-0.1, -0.05) is 50.1 Å². The van der Waals surface area contributed by atoms with Gasteiger partial charge in [0.25, 0.3) is 0 Å². The lowest BCUT2D eigenvalue weighted by Gasteiger charge is -2.38. The Kier molecular flexibility index (Phi) is 12.0. The largest absolute Gasteiger partial charge is 0.204 e. The third-order valence-electron chi connectivity index (χ3n) is 13.1. The van der Waals surface area contributed by atoms with E-state index in [1.807, 2.05) is 0 Å². The molecule has 1 unspecified atom stereocenters. The Balaban J connectivity index is 0.000000166. The highest BCUT2D eigenvalue weighted by Crippen LogP contribution is 2.62. The third-order valence-corrected chi connectivity index (χ3v) is 14.9. The number of hydrogen-bond acceptors (Lipinski definition) is 0. The Morgan fingerprint density at radius 3 is 1.19 bits per heavy atom. The molecule has 0 N–H and O–H groups in total. The van der Waals surface area contributed by atoms with Crippen LogP contribution in [0.15, 0.2) is 49.1 Å². The van der Waals surface area contributed by atoms with Crippen molar-refractivity contribution in [3.63, 3.8) is 0 Å². The lowest BCUT2D eigenvalue weighted by Crippen LogP contribution is -2.26. The highest BCUT2D eigenvalue weighted by Gasteiger charge is 2.54. The van der Waals surface area contributed by atoms with Crippen molar-refractivity contribution >= 4 is 31.9 Å². The quantitative estimate of drug-likeness (QED) is 0.156. The molecule has 5 aliphatic carbocycles. The number of alkyl halides is 2. The van der Waals surface area contributed by atoms with Gasteiger partial charge in [-0.15, -0.1) is 6.58 Å². The molecule has 0 aromatic heterocycles. The normalized spacial score (nSPS) is 35.3. The molecule has 0 saturated heterocycles. The molecule has 0 radical (unpaired) electrons. The van der Waals surface area contributed by atoms with Gasteiger partial charge in [-0.3, -0.25) is 0 Å². The van der Waals surface area contributed by atoms with E-state index in [0.717, 1.165) is 78.2 Å². The fraction of sp³-hybridized carbons (Fsp3) is 0.659. The van der Waals surface area contributed by atoms with Crippen LogP contribution in [0.1, 0.15) is 132 Å². The summed E-state index contributed by atoms with van der Waals surface area (Å²) in [6, 6.07) is 8.90. The van der Waals surface area contributed by atoms with Crippen molar-refractivity contribution in [1.29, 1.82) is 0 Å². The van der Waals surface area contributed by atoms with Gasteiger partial charge in [0.1, 0.15) is 0 Å². The first-order valence-corrected chi connectivity index (χ1v) is 20.1. The summed E-state index contributed by atoms with van der Waals surface area (Å²) in [6.45, 7) is 3.92. The van der Waals surface area contributed by atoms with Gasteiger partial charge < -0.3 is 0 Å². The number of halogens is 6. The first-order chi connectivity index (χ1) is 22.6. The molecule has 0 amide bonds. The fourth-order valence-corrected chi connectivity index (χ4v) is 11.4. The van der Waals surface area contributed by atoms with Crippen LogP contribution < -0.4 is 0 Å². The molecule has 0 nitrogen and oxygen atoms in total. The van der Waals surface area contributed by atoms with Crippen LogP contribution in [0, 0.1) is 64.7 Å². The van der Waals surface area contributed by atoms with Gasteiger partial charge in [-0.05, 0) is 198 Å². The molecule has 6 heteroatoms. The van der Waals surface area contributed by atoms with E-state index < -0.39 is 23.3 Å². The molecule has 5 aliphatic rings. The predicted molar refractivity (Wildman–Crippen MR) is 192 cm³/mol. The molecule has 5 fully saturated rings. The number of rotatable bonds is 6. The Bertz CT molecular complexity index is 1330. The average molecular weight is 781 g/mol. The van der Waals surface area contributed by atoms with Gasteiger partial charge in [-0.2, -0.15) is 0 Å². The summed E-state index contributed by atoms with van der Waals surface area (Å²) < 4.78 is 53.3. The molecular weight excluding hydrogens is 728 g/mol. The summed E-state index contributed by atoms with van der Waals surface area (Å²) in [6.07, 6.45) is 23.7. The van der Waals surface area contributed by atoms with Crippen molar-refractivity contribution in [3.8, 4) is 0 Å². The van der Waals surface area contributed by atoms with E-state index in [9.17, 15) is 17.6 Å². The maximum Gasteiger partial charge on any atom is 0.159 e. The Hall–Kier alpha value is -1.14. The maximum atomic E-state index is 13.5. The monoisotopic (exact) mass is 778 g/mol. The Morgan fingerprint density at radius 1 is 0.511 bits per heavy atom. The van der Waals surface area contributed by atoms with E-state index in [0.29, 0.717) is 11.8 Å². The number of hydrogen-bond donors (Lipinski definition) is 0. The SMILES string of the molecule is C=CC1CCC(C2CCC(c3ccc(F)c(F)c3)CC2)CC1.Fc1ccc(C2CCC(C3CCC(C4CC4(Br)Br)CC3)CC2)cc1F. The van der Waals surface area contributed by atoms with Crippen LogP contribution in [-0.4, -0.2) is 3.23 Å². The van der Waals surface area contributed by atoms with Crippen LogP contribution in [0.2, 0.25) is 0 Å². The molecular formula is C41H52Br2F4. The zero-order chi connectivity index (χ0) is 33.1. The van der Waals surface area contributed by atoms with Crippen LogP contribution in [0.25, 0.3) is 0 Å². The van der Waals surface area contributed by atoms with Crippen molar-refractivity contribution in [1.82, 2.24) is 0 Å². The van der Waals surface area contributed by atoms with E-state index in [1.165, 1.54) is 108 Å². The molecule has 0 heterocycles. The minimum Gasteiger partial charge on any atom is -0.204 e. The molecule has 7 rings (SSSR count). The predicted octanol–water partition coefficient (Wildman–Crippen LogP) is 13.8. The van der Waals surface area contributed by atoms with Crippen molar-refractivity contribution in [2.75, 3.05) is 0 Å². The van der Waals surface area contributed by atoms with Crippen molar-refractivity contribution < 1.29 is 17.6 Å². The van der Waals surface area contributed by atoms with E-state index >= 15 is 0 Å². The second-order valence-electron chi connectivity index (χ2n) is 15.7. The minimum absolute atomic E-state index is 0.250. The summed E-state index contributed by atoms with van der Waals surface area (Å²) in [5.74, 6) is 3.86. The van der Waals surface area contributed by atoms with Gasteiger partial charge in [-0.25, -0.2) is 17.6 Å². The van der Waals surface area contributed by atoms with E-state index in [1.54, 1.807) is 12.1 Å². The molecule has 1 atom stereocenters. The molecule has 5 saturated carbocycles. The number of benzene rings is 2. The minimum atomic E-state index is -0.739. The summed E-state index contributed by atoms with van der Waals surface area (Å²) >= 11 is 7.57. The van der Waals surface area contributed by atoms with Gasteiger partial charge in [0.2, 0.25) is 0 Å². The maximum absolute atomic E-state index is 13.5. The van der Waals surface area contributed by atoms with E-state index in [2.05, 4.69) is 44.5 Å².